The topological polar surface area (TPSA) is 67.4 Å². The molecule has 0 aromatic carbocycles. The minimum atomic E-state index is -0.0557. The van der Waals surface area contributed by atoms with E-state index >= 15 is 0 Å². The maximum atomic E-state index is 12.7. The van der Waals surface area contributed by atoms with Gasteiger partial charge >= 0.3 is 0 Å². The van der Waals surface area contributed by atoms with E-state index in [4.69, 9.17) is 4.74 Å². The van der Waals surface area contributed by atoms with Crippen LogP contribution in [-0.4, -0.2) is 48.1 Å². The first-order valence-corrected chi connectivity index (χ1v) is 7.05. The van der Waals surface area contributed by atoms with E-state index < -0.39 is 0 Å². The number of pyridine rings is 2. The van der Waals surface area contributed by atoms with Gasteiger partial charge in [0.2, 0.25) is 0 Å². The Morgan fingerprint density at radius 2 is 2.23 bits per heavy atom. The normalized spacial score (nSPS) is 10.3. The number of hydrogen-bond donors (Lipinski definition) is 1. The monoisotopic (exact) mass is 300 g/mol. The number of anilines is 1. The maximum absolute atomic E-state index is 12.7. The highest BCUT2D eigenvalue weighted by Crippen LogP contribution is 2.12. The van der Waals surface area contributed by atoms with Crippen LogP contribution in [0, 0.1) is 0 Å². The van der Waals surface area contributed by atoms with Crippen LogP contribution < -0.4 is 5.32 Å². The van der Waals surface area contributed by atoms with E-state index in [-0.39, 0.29) is 5.91 Å². The van der Waals surface area contributed by atoms with E-state index in [2.05, 4.69) is 15.3 Å². The van der Waals surface area contributed by atoms with Gasteiger partial charge in [0.05, 0.1) is 6.61 Å². The minimum Gasteiger partial charge on any atom is -0.383 e. The van der Waals surface area contributed by atoms with Gasteiger partial charge in [0.15, 0.2) is 0 Å². The van der Waals surface area contributed by atoms with Gasteiger partial charge < -0.3 is 15.0 Å². The molecule has 116 valence electrons. The largest absolute Gasteiger partial charge is 0.383 e. The first kappa shape index (κ1) is 15.9. The van der Waals surface area contributed by atoms with E-state index in [0.717, 1.165) is 5.56 Å². The zero-order chi connectivity index (χ0) is 15.8. The highest BCUT2D eigenvalue weighted by atomic mass is 16.5. The van der Waals surface area contributed by atoms with Crippen LogP contribution in [0.25, 0.3) is 0 Å². The van der Waals surface area contributed by atoms with Crippen molar-refractivity contribution in [3.8, 4) is 0 Å². The van der Waals surface area contributed by atoms with Crippen molar-refractivity contribution in [2.75, 3.05) is 32.6 Å². The molecule has 2 aromatic rings. The Bertz CT molecular complexity index is 604. The molecule has 22 heavy (non-hydrogen) atoms. The predicted molar refractivity (Wildman–Crippen MR) is 84.6 cm³/mol. The first-order chi connectivity index (χ1) is 10.7. The first-order valence-electron chi connectivity index (χ1n) is 7.05. The number of nitrogens with zero attached hydrogens (tertiary/aromatic N) is 3. The summed E-state index contributed by atoms with van der Waals surface area (Å²) in [6.07, 6.45) is 5.10. The summed E-state index contributed by atoms with van der Waals surface area (Å²) >= 11 is 0. The number of carbonyl (C=O) groups excluding carboxylic acids is 1. The average Bonchev–Trinajstić information content (AvgIpc) is 2.59. The van der Waals surface area contributed by atoms with E-state index in [1.165, 1.54) is 0 Å². The third kappa shape index (κ3) is 4.26. The van der Waals surface area contributed by atoms with Crippen molar-refractivity contribution in [2.24, 2.45) is 0 Å². The number of rotatable bonds is 7. The van der Waals surface area contributed by atoms with Crippen molar-refractivity contribution in [3.05, 3.63) is 54.0 Å². The number of aromatic nitrogens is 2. The number of hydrogen-bond acceptors (Lipinski definition) is 5. The lowest BCUT2D eigenvalue weighted by Crippen LogP contribution is -2.33. The third-order valence-electron chi connectivity index (χ3n) is 3.21. The Morgan fingerprint density at radius 3 is 2.91 bits per heavy atom. The van der Waals surface area contributed by atoms with Crippen LogP contribution in [0.4, 0.5) is 5.82 Å². The van der Waals surface area contributed by atoms with E-state index in [9.17, 15) is 4.79 Å². The maximum Gasteiger partial charge on any atom is 0.254 e. The van der Waals surface area contributed by atoms with Gasteiger partial charge in [0, 0.05) is 51.4 Å². The molecule has 2 aromatic heterocycles. The molecule has 2 heterocycles. The summed E-state index contributed by atoms with van der Waals surface area (Å²) in [4.78, 5) is 22.7. The molecule has 0 atom stereocenters. The Hall–Kier alpha value is -2.47. The second-order valence-corrected chi connectivity index (χ2v) is 4.76. The molecule has 1 N–H and O–H groups in total. The summed E-state index contributed by atoms with van der Waals surface area (Å²) in [5.41, 5.74) is 1.58. The van der Waals surface area contributed by atoms with Gasteiger partial charge in [-0.2, -0.15) is 0 Å². The molecule has 2 rings (SSSR count). The molecule has 0 radical (unpaired) electrons. The van der Waals surface area contributed by atoms with E-state index in [1.807, 2.05) is 12.1 Å². The van der Waals surface area contributed by atoms with Gasteiger partial charge in [-0.15, -0.1) is 0 Å². The van der Waals surface area contributed by atoms with Crippen molar-refractivity contribution in [3.63, 3.8) is 0 Å². The molecule has 0 aliphatic carbocycles. The Labute approximate surface area is 130 Å². The summed E-state index contributed by atoms with van der Waals surface area (Å²) in [7, 11) is 3.40. The molecular formula is C16H20N4O2. The summed E-state index contributed by atoms with van der Waals surface area (Å²) in [6, 6.07) is 7.27. The molecule has 0 aliphatic rings. The van der Waals surface area contributed by atoms with Crippen LogP contribution in [0.1, 0.15) is 15.9 Å². The standard InChI is InChI=1S/C16H20N4O2/c1-17-15-10-14(5-7-19-15)16(21)20(8-9-22-2)12-13-4-3-6-18-11-13/h3-7,10-11H,8-9,12H2,1-2H3,(H,17,19). The second kappa shape index (κ2) is 8.09. The van der Waals surface area contributed by atoms with Crippen LogP contribution >= 0.6 is 0 Å². The van der Waals surface area contributed by atoms with Gasteiger partial charge in [-0.1, -0.05) is 6.07 Å². The Morgan fingerprint density at radius 1 is 1.36 bits per heavy atom. The van der Waals surface area contributed by atoms with Crippen molar-refractivity contribution >= 4 is 11.7 Å². The lowest BCUT2D eigenvalue weighted by Gasteiger charge is -2.22. The van der Waals surface area contributed by atoms with Crippen LogP contribution in [0.5, 0.6) is 0 Å². The van der Waals surface area contributed by atoms with E-state index in [1.54, 1.807) is 49.8 Å². The number of amides is 1. The number of carbonyl (C=O) groups is 1. The predicted octanol–water partition coefficient (Wildman–Crippen LogP) is 1.81. The molecule has 0 saturated carbocycles. The molecule has 0 saturated heterocycles. The number of methoxy groups -OCH3 is 1. The average molecular weight is 300 g/mol. The summed E-state index contributed by atoms with van der Waals surface area (Å²) in [6.45, 7) is 1.49. The van der Waals surface area contributed by atoms with Crippen molar-refractivity contribution in [2.45, 2.75) is 6.54 Å². The third-order valence-corrected chi connectivity index (χ3v) is 3.21. The molecular weight excluding hydrogens is 280 g/mol. The molecule has 6 nitrogen and oxygen atoms in total. The lowest BCUT2D eigenvalue weighted by atomic mass is 10.2. The van der Waals surface area contributed by atoms with Gasteiger partial charge in [0.1, 0.15) is 5.82 Å². The smallest absolute Gasteiger partial charge is 0.254 e. The van der Waals surface area contributed by atoms with Crippen molar-refractivity contribution in [1.29, 1.82) is 0 Å². The molecule has 0 fully saturated rings. The second-order valence-electron chi connectivity index (χ2n) is 4.76. The fourth-order valence-corrected chi connectivity index (χ4v) is 2.05. The van der Waals surface area contributed by atoms with E-state index in [0.29, 0.717) is 31.1 Å². The van der Waals surface area contributed by atoms with Crippen molar-refractivity contribution in [1.82, 2.24) is 14.9 Å². The highest BCUT2D eigenvalue weighted by molar-refractivity contribution is 5.94. The van der Waals surface area contributed by atoms with Crippen LogP contribution in [0.3, 0.4) is 0 Å². The molecule has 6 heteroatoms. The Kier molecular flexibility index (Phi) is 5.85. The van der Waals surface area contributed by atoms with Crippen molar-refractivity contribution < 1.29 is 9.53 Å². The van der Waals surface area contributed by atoms with Crippen LogP contribution in [-0.2, 0) is 11.3 Å². The van der Waals surface area contributed by atoms with Crippen LogP contribution in [0.2, 0.25) is 0 Å². The van der Waals surface area contributed by atoms with Gasteiger partial charge in [-0.3, -0.25) is 9.78 Å². The fraction of sp³-hybridized carbons (Fsp3) is 0.312. The highest BCUT2D eigenvalue weighted by Gasteiger charge is 2.16. The molecule has 0 aliphatic heterocycles. The lowest BCUT2D eigenvalue weighted by molar-refractivity contribution is 0.0680. The van der Waals surface area contributed by atoms with Gasteiger partial charge in [0.25, 0.3) is 5.91 Å². The molecule has 0 spiro atoms. The summed E-state index contributed by atoms with van der Waals surface area (Å²) in [5.74, 6) is 0.610. The number of ether oxygens (including phenoxy) is 1. The zero-order valence-electron chi connectivity index (χ0n) is 12.8. The summed E-state index contributed by atoms with van der Waals surface area (Å²) in [5, 5.41) is 2.94. The number of nitrogens with one attached hydrogen (secondary N) is 1. The Balaban J connectivity index is 2.18. The van der Waals surface area contributed by atoms with Gasteiger partial charge in [-0.05, 0) is 23.8 Å². The minimum absolute atomic E-state index is 0.0557. The molecule has 0 unspecified atom stereocenters. The summed E-state index contributed by atoms with van der Waals surface area (Å²) < 4.78 is 5.11. The van der Waals surface area contributed by atoms with Crippen LogP contribution in [0.15, 0.2) is 42.9 Å². The molecule has 1 amide bonds. The molecule has 0 bridgehead atoms. The fourth-order valence-electron chi connectivity index (χ4n) is 2.05. The quantitative estimate of drug-likeness (QED) is 0.844. The zero-order valence-corrected chi connectivity index (χ0v) is 12.8. The SMILES string of the molecule is CNc1cc(C(=O)N(CCOC)Cc2cccnc2)ccn1. The van der Waals surface area contributed by atoms with Gasteiger partial charge in [-0.25, -0.2) is 4.98 Å².